The number of unbranched alkanes of at least 4 members (excludes halogenated alkanes) is 5. The molecule has 1 saturated heterocycles. The van der Waals surface area contributed by atoms with Crippen LogP contribution in [0.5, 0.6) is 5.75 Å². The average Bonchev–Trinajstić information content (AvgIpc) is 3.28. The van der Waals surface area contributed by atoms with E-state index in [2.05, 4.69) is 44.9 Å². The molecule has 0 saturated carbocycles. The van der Waals surface area contributed by atoms with Gasteiger partial charge in [0, 0.05) is 56.1 Å². The molecule has 0 radical (unpaired) electrons. The van der Waals surface area contributed by atoms with E-state index in [4.69, 9.17) is 4.74 Å². The van der Waals surface area contributed by atoms with Gasteiger partial charge in [0.15, 0.2) is 5.69 Å². The molecule has 3 heterocycles. The van der Waals surface area contributed by atoms with E-state index in [-0.39, 0.29) is 41.7 Å². The number of nitrogens with one attached hydrogen (secondary N) is 1. The van der Waals surface area contributed by atoms with Crippen LogP contribution in [0, 0.1) is 23.5 Å². The fraction of sp³-hybridized carbons (Fsp3) is 0.667. The van der Waals surface area contributed by atoms with Crippen LogP contribution in [0.25, 0.3) is 0 Å². The van der Waals surface area contributed by atoms with Crippen LogP contribution in [-0.4, -0.2) is 52.6 Å². The molecule has 2 aliphatic heterocycles. The summed E-state index contributed by atoms with van der Waals surface area (Å²) in [6.07, 6.45) is 10.1. The highest BCUT2D eigenvalue weighted by Gasteiger charge is 2.48. The number of pyridine rings is 1. The highest BCUT2D eigenvalue weighted by atomic mass is 19.1. The van der Waals surface area contributed by atoms with Gasteiger partial charge in [-0.3, -0.25) is 24.2 Å². The molecule has 2 amide bonds. The molecule has 1 aromatic carbocycles. The number of ether oxygens (including phenoxy) is 1. The van der Waals surface area contributed by atoms with Crippen molar-refractivity contribution in [1.82, 2.24) is 14.8 Å². The summed E-state index contributed by atoms with van der Waals surface area (Å²) in [6.45, 7) is 26.8. The minimum atomic E-state index is -0.883. The van der Waals surface area contributed by atoms with Crippen molar-refractivity contribution in [3.63, 3.8) is 0 Å². The number of amides is 2. The Bertz CT molecular complexity index is 1600. The largest absolute Gasteiger partial charge is 0.420 e. The van der Waals surface area contributed by atoms with E-state index in [0.717, 1.165) is 62.6 Å². The van der Waals surface area contributed by atoms with Crippen LogP contribution in [0.2, 0.25) is 0 Å². The second-order valence-corrected chi connectivity index (χ2v) is 14.9. The molecule has 0 aliphatic carbocycles. The lowest BCUT2D eigenvalue weighted by Gasteiger charge is -2.46. The van der Waals surface area contributed by atoms with Crippen molar-refractivity contribution in [3.05, 3.63) is 63.1 Å². The molecule has 11 heteroatoms. The van der Waals surface area contributed by atoms with Crippen molar-refractivity contribution >= 4 is 23.5 Å². The van der Waals surface area contributed by atoms with Crippen molar-refractivity contribution in [1.29, 1.82) is 0 Å². The van der Waals surface area contributed by atoms with Gasteiger partial charge in [-0.25, -0.2) is 8.78 Å². The van der Waals surface area contributed by atoms with E-state index in [1.165, 1.54) is 18.7 Å². The predicted molar refractivity (Wildman–Crippen MR) is 227 cm³/mol. The Morgan fingerprint density at radius 2 is 1.55 bits per heavy atom. The normalized spacial score (nSPS) is 17.8. The van der Waals surface area contributed by atoms with Gasteiger partial charge in [0.1, 0.15) is 17.2 Å². The molecule has 9 nitrogen and oxygen atoms in total. The first-order valence-electron chi connectivity index (χ1n) is 21.0. The number of hydrogen-bond acceptors (Lipinski definition) is 6. The first kappa shape index (κ1) is 52.1. The molecule has 0 spiro atoms. The summed E-state index contributed by atoms with van der Waals surface area (Å²) >= 11 is 0. The number of aromatic nitrogens is 1. The number of esters is 1. The summed E-state index contributed by atoms with van der Waals surface area (Å²) in [4.78, 5) is 59.4. The van der Waals surface area contributed by atoms with Gasteiger partial charge in [-0.05, 0) is 64.9 Å². The van der Waals surface area contributed by atoms with Gasteiger partial charge >= 0.3 is 5.97 Å². The Morgan fingerprint density at radius 3 is 2.09 bits per heavy atom. The molecule has 1 fully saturated rings. The van der Waals surface area contributed by atoms with E-state index < -0.39 is 46.1 Å². The van der Waals surface area contributed by atoms with Gasteiger partial charge in [0.2, 0.25) is 11.2 Å². The molecule has 4 rings (SSSR count). The van der Waals surface area contributed by atoms with Crippen LogP contribution in [0.15, 0.2) is 34.2 Å². The lowest BCUT2D eigenvalue weighted by molar-refractivity contribution is -0.134. The minimum Gasteiger partial charge on any atom is -0.420 e. The number of fused-ring (bicyclic) bond motifs is 4. The fourth-order valence-electron chi connectivity index (χ4n) is 5.94. The molecule has 3 atom stereocenters. The zero-order valence-electron chi connectivity index (χ0n) is 37.2. The molecule has 2 aliphatic rings. The molecule has 2 bridgehead atoms. The molecule has 1 aromatic heterocycles. The standard InChI is InChI=1S/C32H41F2N3O5.C5H12.C4H9N.2C2H6/c1-5-6-7-8-9-10-11-26(38)42-29-27-31(41)36-19-32(4,20(2)12-13-21(36)3)37(27)18-24(28(29)39)30(40)35-17-22-14-15-23(33)16-25(22)34;1-4-5(2)3;1-4(2)5-3;2*1-2/h14-16,18,20-21H,5-13,17,19H2,1-4H3,(H,35,40);5H,4H2,1-3H3;1-3H3;2*1-2H3. The second-order valence-electron chi connectivity index (χ2n) is 14.9. The Morgan fingerprint density at radius 1 is 0.982 bits per heavy atom. The van der Waals surface area contributed by atoms with Gasteiger partial charge in [0.05, 0.1) is 5.54 Å². The van der Waals surface area contributed by atoms with E-state index in [9.17, 15) is 28.0 Å². The highest BCUT2D eigenvalue weighted by molar-refractivity contribution is 6.00. The molecule has 318 valence electrons. The Balaban J connectivity index is 0.00000187. The third-order valence-electron chi connectivity index (χ3n) is 10.2. The smallest absolute Gasteiger partial charge is 0.311 e. The Labute approximate surface area is 337 Å². The number of benzene rings is 1. The number of carbonyl (C=O) groups is 3. The lowest BCUT2D eigenvalue weighted by Crippen LogP contribution is -2.56. The van der Waals surface area contributed by atoms with Gasteiger partial charge in [-0.1, -0.05) is 107 Å². The maximum atomic E-state index is 14.2. The van der Waals surface area contributed by atoms with Crippen LogP contribution in [0.1, 0.15) is 181 Å². The summed E-state index contributed by atoms with van der Waals surface area (Å²) in [5, 5.41) is 2.52. The number of halogens is 2. The van der Waals surface area contributed by atoms with Crippen molar-refractivity contribution in [2.24, 2.45) is 16.8 Å². The maximum absolute atomic E-state index is 14.2. The summed E-state index contributed by atoms with van der Waals surface area (Å²) in [7, 11) is 1.79. The van der Waals surface area contributed by atoms with Gasteiger partial charge < -0.3 is 19.5 Å². The van der Waals surface area contributed by atoms with Gasteiger partial charge in [-0.15, -0.1) is 0 Å². The molecule has 2 aromatic rings. The highest BCUT2D eigenvalue weighted by Crippen LogP contribution is 2.41. The van der Waals surface area contributed by atoms with Crippen molar-refractivity contribution in [2.75, 3.05) is 13.6 Å². The topological polar surface area (TPSA) is 110 Å². The third kappa shape index (κ3) is 15.6. The van der Waals surface area contributed by atoms with E-state index in [0.29, 0.717) is 19.0 Å². The molecule has 3 unspecified atom stereocenters. The molecule has 56 heavy (non-hydrogen) atoms. The van der Waals surface area contributed by atoms with Crippen LogP contribution in [-0.2, 0) is 16.9 Å². The maximum Gasteiger partial charge on any atom is 0.311 e. The first-order valence-corrected chi connectivity index (χ1v) is 21.0. The van der Waals surface area contributed by atoms with Crippen molar-refractivity contribution in [2.45, 2.75) is 172 Å². The summed E-state index contributed by atoms with van der Waals surface area (Å²) in [5.41, 5.74) is -0.753. The van der Waals surface area contributed by atoms with Crippen LogP contribution in [0.4, 0.5) is 8.78 Å². The number of hydrogen-bond donors (Lipinski definition) is 1. The molecule has 1 N–H and O–H groups in total. The lowest BCUT2D eigenvalue weighted by atomic mass is 9.82. The van der Waals surface area contributed by atoms with Gasteiger partial charge in [-0.2, -0.15) is 0 Å². The number of nitrogens with zero attached hydrogens (tertiary/aromatic N) is 3. The summed E-state index contributed by atoms with van der Waals surface area (Å²) < 4.78 is 34.8. The summed E-state index contributed by atoms with van der Waals surface area (Å²) in [6, 6.07) is 2.92. The van der Waals surface area contributed by atoms with Crippen LogP contribution >= 0.6 is 0 Å². The van der Waals surface area contributed by atoms with Crippen LogP contribution < -0.4 is 15.5 Å². The zero-order chi connectivity index (χ0) is 43.2. The second kappa shape index (κ2) is 26.9. The van der Waals surface area contributed by atoms with Crippen molar-refractivity contribution < 1.29 is 27.9 Å². The fourth-order valence-corrected chi connectivity index (χ4v) is 5.94. The van der Waals surface area contributed by atoms with E-state index in [1.54, 1.807) is 16.5 Å². The number of aliphatic imine (C=N–C) groups is 1. The third-order valence-corrected chi connectivity index (χ3v) is 10.2. The quantitative estimate of drug-likeness (QED) is 0.131. The minimum absolute atomic E-state index is 0.0354. The monoisotopic (exact) mass is 789 g/mol. The zero-order valence-corrected chi connectivity index (χ0v) is 37.2. The van der Waals surface area contributed by atoms with E-state index in [1.807, 2.05) is 55.4 Å². The predicted octanol–water partition coefficient (Wildman–Crippen LogP) is 10.9. The molecular formula is C45H74F2N4O5. The molecular weight excluding hydrogens is 715 g/mol. The van der Waals surface area contributed by atoms with Gasteiger partial charge in [0.25, 0.3) is 11.8 Å². The van der Waals surface area contributed by atoms with E-state index >= 15 is 0 Å². The first-order chi connectivity index (χ1) is 26.5. The SMILES string of the molecule is CC.CC.CCC(C)C.CCCCCCCCC(=O)Oc1c2n(cc(C(=O)NCc3ccc(F)cc3F)c1=O)C1(C)CN(C2=O)C(C)CCC1C.CN=C(C)C. The Hall–Kier alpha value is -3.89. The average molecular weight is 789 g/mol. The number of carbonyl (C=O) groups excluding carboxylic acids is 3. The Kier molecular flexibility index (Phi) is 25.0. The number of rotatable bonds is 12. The summed E-state index contributed by atoms with van der Waals surface area (Å²) in [5.74, 6) is -2.96. The van der Waals surface area contributed by atoms with Crippen LogP contribution in [0.3, 0.4) is 0 Å². The van der Waals surface area contributed by atoms with Crippen molar-refractivity contribution in [3.8, 4) is 5.75 Å².